The normalized spacial score (nSPS) is 14.4. The molecule has 6 aromatic rings. The molecule has 0 bridgehead atoms. The van der Waals surface area contributed by atoms with Crippen LogP contribution in [0.15, 0.2) is 72.8 Å². The summed E-state index contributed by atoms with van der Waals surface area (Å²) in [7, 11) is 0. The Balaban J connectivity index is 0.000000230. The zero-order chi connectivity index (χ0) is 67.4. The third-order valence-corrected chi connectivity index (χ3v) is 16.3. The Bertz CT molecular complexity index is 3300. The maximum absolute atomic E-state index is 12.4. The van der Waals surface area contributed by atoms with Crippen LogP contribution in [0.1, 0.15) is 204 Å². The SMILES string of the molecule is C(#Cc1cc2ccc3cc(C#C[C]4[CH][CH][CH][CH]4)cc4ccc(c1)c2c34)[C]1[CH][CH][CH][CH]1.CCCCCCCC(=O)Nc1cc(C#C[C]2[CH][CH][CH][CH]2)cc(NC(=O)CCCCCCC)n1.CCCCCCCC(=O)Nc1cc(C#C[C]2[CH][CH][CH][CH]2)cc(NC(=O)CCCCCCC)n1.[Fe+2].[Fe+2]. The number of rotatable bonds is 28. The van der Waals surface area contributed by atoms with Crippen molar-refractivity contribution in [2.75, 3.05) is 21.3 Å². The fourth-order valence-electron chi connectivity index (χ4n) is 11.2. The van der Waals surface area contributed by atoms with E-state index in [1.54, 1.807) is 24.3 Å². The van der Waals surface area contributed by atoms with Gasteiger partial charge in [-0.3, -0.25) is 19.2 Å². The van der Waals surface area contributed by atoms with Gasteiger partial charge in [-0.25, -0.2) is 9.97 Å². The molecule has 98 heavy (non-hydrogen) atoms. The van der Waals surface area contributed by atoms with Crippen molar-refractivity contribution in [3.8, 4) is 47.4 Å². The molecule has 4 aliphatic rings. The smallest absolute Gasteiger partial charge is 0.311 e. The van der Waals surface area contributed by atoms with Gasteiger partial charge in [-0.1, -0.05) is 202 Å². The predicted octanol–water partition coefficient (Wildman–Crippen LogP) is 19.0. The Hall–Kier alpha value is -6.62. The molecule has 0 aliphatic heterocycles. The predicted molar refractivity (Wildman–Crippen MR) is 396 cm³/mol. The van der Waals surface area contributed by atoms with Crippen LogP contribution in [0.2, 0.25) is 0 Å². The number of anilines is 4. The topological polar surface area (TPSA) is 142 Å². The van der Waals surface area contributed by atoms with Gasteiger partial charge in [0, 0.05) is 47.9 Å². The van der Waals surface area contributed by atoms with Crippen molar-refractivity contribution < 1.29 is 53.3 Å². The number of amides is 4. The number of hydrogen-bond donors (Lipinski definition) is 4. The van der Waals surface area contributed by atoms with E-state index in [4.69, 9.17) is 0 Å². The molecular weight excluding hydrogens is 1290 g/mol. The van der Waals surface area contributed by atoms with Crippen LogP contribution in [0.25, 0.3) is 32.3 Å². The Morgan fingerprint density at radius 3 is 0.704 bits per heavy atom. The second kappa shape index (κ2) is 45.9. The number of carbonyl (C=O) groups is 4. The fraction of sp³-hybridized carbons (Fsp3) is 0.326. The minimum Gasteiger partial charge on any atom is -0.311 e. The maximum Gasteiger partial charge on any atom is 2.00 e. The first kappa shape index (κ1) is 80.4. The number of unbranched alkanes of at least 4 members (excludes halogenated alkanes) is 16. The van der Waals surface area contributed by atoms with E-state index in [1.165, 1.54) is 83.7 Å². The van der Waals surface area contributed by atoms with Gasteiger partial charge in [0.25, 0.3) is 0 Å². The van der Waals surface area contributed by atoms with Crippen LogP contribution in [-0.4, -0.2) is 33.6 Å². The molecule has 2 aromatic heterocycles. The number of pyridine rings is 2. The number of carbonyl (C=O) groups excluding carboxylic acids is 4. The van der Waals surface area contributed by atoms with E-state index in [2.05, 4.69) is 155 Å². The quantitative estimate of drug-likeness (QED) is 0.0167. The Morgan fingerprint density at radius 1 is 0.286 bits per heavy atom. The van der Waals surface area contributed by atoms with Crippen LogP contribution in [0.4, 0.5) is 23.3 Å². The first-order valence-corrected chi connectivity index (χ1v) is 35.0. The standard InChI is InChI=1S/C30H16.2C28H38N3O2.2Fe/c1-2-6-21(5-1)9-11-23-17-25-13-15-27-19-24(12-10-22-7-3-4-8-22)20-28-16-14-26(18-23)29(25)30(27)28;2*1-3-5-7-9-11-17-27(32)30-25-21-24(20-19-23-15-13-14-16-23)22-26(29-25)31-28(33)18-12-10-8-6-4-2;;/h1-8,13-20H;2*13-16,21-22H,3-12,17-18H2,1-2H3,(H2,29,30,31,32,33);;/q;;;2*+2. The third kappa shape index (κ3) is 28.9. The van der Waals surface area contributed by atoms with E-state index in [0.29, 0.717) is 60.1 Å². The van der Waals surface area contributed by atoms with Gasteiger partial charge in [-0.05, 0) is 209 Å². The molecule has 4 saturated carbocycles. The molecule has 20 radical (unpaired) electrons. The van der Waals surface area contributed by atoms with Crippen LogP contribution >= 0.6 is 0 Å². The first-order chi connectivity index (χ1) is 47.0. The van der Waals surface area contributed by atoms with E-state index in [0.717, 1.165) is 112 Å². The van der Waals surface area contributed by atoms with Crippen molar-refractivity contribution in [3.63, 3.8) is 0 Å². The van der Waals surface area contributed by atoms with Crippen LogP contribution in [0, 0.1) is 174 Å². The molecule has 502 valence electrons. The molecule has 12 heteroatoms. The summed E-state index contributed by atoms with van der Waals surface area (Å²) in [5.41, 5.74) is 3.48. The maximum atomic E-state index is 12.4. The molecular formula is C86H92Fe2N6O4+4. The number of nitrogens with one attached hydrogen (secondary N) is 4. The number of nitrogens with zero attached hydrogens (tertiary/aromatic N) is 2. The molecule has 4 aliphatic carbocycles. The second-order valence-electron chi connectivity index (χ2n) is 24.5. The molecule has 0 spiro atoms. The minimum atomic E-state index is -0.0617. The zero-order valence-corrected chi connectivity index (χ0v) is 59.6. The van der Waals surface area contributed by atoms with Crippen LogP contribution in [-0.2, 0) is 53.3 Å². The molecule has 4 fully saturated rings. The Labute approximate surface area is 610 Å². The summed E-state index contributed by atoms with van der Waals surface area (Å²) in [5, 5.41) is 19.0. The fourth-order valence-corrected chi connectivity index (χ4v) is 11.2. The van der Waals surface area contributed by atoms with E-state index < -0.39 is 0 Å². The molecule has 2 heterocycles. The molecule has 0 saturated heterocycles. The van der Waals surface area contributed by atoms with Crippen molar-refractivity contribution in [2.45, 2.75) is 182 Å². The average Bonchev–Trinajstić information content (AvgIpc) is 0.818. The van der Waals surface area contributed by atoms with Crippen LogP contribution in [0.5, 0.6) is 0 Å². The second-order valence-corrected chi connectivity index (χ2v) is 24.5. The van der Waals surface area contributed by atoms with Gasteiger partial charge in [0.1, 0.15) is 23.3 Å². The molecule has 4 N–H and O–H groups in total. The average molecular weight is 1390 g/mol. The Kier molecular flexibility index (Phi) is 37.7. The molecule has 10 nitrogen and oxygen atoms in total. The summed E-state index contributed by atoms with van der Waals surface area (Å²) in [6.45, 7) is 8.70. The number of benzene rings is 4. The minimum absolute atomic E-state index is 0. The van der Waals surface area contributed by atoms with Crippen LogP contribution < -0.4 is 21.3 Å². The van der Waals surface area contributed by atoms with Gasteiger partial charge >= 0.3 is 34.1 Å². The summed E-state index contributed by atoms with van der Waals surface area (Å²) < 4.78 is 0. The van der Waals surface area contributed by atoms with Gasteiger partial charge in [0.15, 0.2) is 0 Å². The van der Waals surface area contributed by atoms with Crippen molar-refractivity contribution in [3.05, 3.63) is 221 Å². The molecule has 10 rings (SSSR count). The monoisotopic (exact) mass is 1380 g/mol. The van der Waals surface area contributed by atoms with Gasteiger partial charge in [-0.15, -0.1) is 0 Å². The van der Waals surface area contributed by atoms with Crippen LogP contribution in [0.3, 0.4) is 0 Å². The molecule has 4 amide bonds. The largest absolute Gasteiger partial charge is 2.00 e. The van der Waals surface area contributed by atoms with E-state index in [-0.39, 0.29) is 57.8 Å². The third-order valence-electron chi connectivity index (χ3n) is 16.3. The van der Waals surface area contributed by atoms with E-state index in [9.17, 15) is 19.2 Å². The summed E-state index contributed by atoms with van der Waals surface area (Å²) >= 11 is 0. The molecule has 0 atom stereocenters. The van der Waals surface area contributed by atoms with Crippen molar-refractivity contribution >= 4 is 79.2 Å². The summed E-state index contributed by atoms with van der Waals surface area (Å²) in [5.74, 6) is 31.0. The van der Waals surface area contributed by atoms with Crippen molar-refractivity contribution in [1.82, 2.24) is 9.97 Å². The first-order valence-electron chi connectivity index (χ1n) is 35.0. The number of aromatic nitrogens is 2. The van der Waals surface area contributed by atoms with Gasteiger partial charge in [-0.2, -0.15) is 0 Å². The molecule has 0 unspecified atom stereocenters. The summed E-state index contributed by atoms with van der Waals surface area (Å²) in [4.78, 5) is 58.4. The van der Waals surface area contributed by atoms with E-state index in [1.807, 2.05) is 103 Å². The van der Waals surface area contributed by atoms with Gasteiger partial charge in [0.2, 0.25) is 23.6 Å². The molecule has 4 aromatic carbocycles. The van der Waals surface area contributed by atoms with Crippen molar-refractivity contribution in [1.29, 1.82) is 0 Å². The van der Waals surface area contributed by atoms with Gasteiger partial charge in [0.05, 0.1) is 23.7 Å². The zero-order valence-electron chi connectivity index (χ0n) is 57.4. The number of hydrogen-bond acceptors (Lipinski definition) is 6. The van der Waals surface area contributed by atoms with E-state index >= 15 is 0 Å². The Morgan fingerprint density at radius 2 is 0.490 bits per heavy atom. The van der Waals surface area contributed by atoms with Crippen molar-refractivity contribution in [2.24, 2.45) is 0 Å². The summed E-state index contributed by atoms with van der Waals surface area (Å²) in [6.07, 6.45) is 55.5. The summed E-state index contributed by atoms with van der Waals surface area (Å²) in [6, 6.07) is 24.6. The van der Waals surface area contributed by atoms with Gasteiger partial charge < -0.3 is 21.3 Å².